The molecule has 3 rings (SSSR count). The number of hydrogen-bond acceptors (Lipinski definition) is 4. The first-order valence-electron chi connectivity index (χ1n) is 7.74. The van der Waals surface area contributed by atoms with Crippen molar-refractivity contribution in [3.05, 3.63) is 42.5 Å². The summed E-state index contributed by atoms with van der Waals surface area (Å²) in [7, 11) is 0. The van der Waals surface area contributed by atoms with Crippen LogP contribution in [0.15, 0.2) is 36.9 Å². The molecule has 1 fully saturated rings. The Morgan fingerprint density at radius 3 is 2.83 bits per heavy atom. The van der Waals surface area contributed by atoms with Crippen LogP contribution in [-0.2, 0) is 11.3 Å². The van der Waals surface area contributed by atoms with Gasteiger partial charge in [-0.3, -0.25) is 14.3 Å². The molecule has 2 amide bonds. The minimum absolute atomic E-state index is 0.114. The van der Waals surface area contributed by atoms with Crippen molar-refractivity contribution in [3.8, 4) is 0 Å². The van der Waals surface area contributed by atoms with Crippen LogP contribution in [0.3, 0.4) is 0 Å². The van der Waals surface area contributed by atoms with Gasteiger partial charge in [0.15, 0.2) is 0 Å². The van der Waals surface area contributed by atoms with Gasteiger partial charge in [0, 0.05) is 19.0 Å². The molecule has 2 aromatic rings. The van der Waals surface area contributed by atoms with Gasteiger partial charge in [0.05, 0.1) is 11.3 Å². The number of amides is 2. The number of anilines is 1. The van der Waals surface area contributed by atoms with Gasteiger partial charge in [-0.05, 0) is 31.4 Å². The van der Waals surface area contributed by atoms with E-state index in [1.165, 1.54) is 6.33 Å². The van der Waals surface area contributed by atoms with Crippen molar-refractivity contribution in [2.75, 3.05) is 5.32 Å². The molecule has 0 spiro atoms. The van der Waals surface area contributed by atoms with Crippen LogP contribution in [-0.4, -0.2) is 32.6 Å². The number of aryl methyl sites for hydroxylation is 1. The van der Waals surface area contributed by atoms with Crippen LogP contribution in [0.4, 0.5) is 5.69 Å². The summed E-state index contributed by atoms with van der Waals surface area (Å²) >= 11 is 0. The first-order chi connectivity index (χ1) is 11.2. The van der Waals surface area contributed by atoms with E-state index in [0.29, 0.717) is 30.6 Å². The molecule has 7 nitrogen and oxygen atoms in total. The summed E-state index contributed by atoms with van der Waals surface area (Å²) in [6.07, 6.45) is 6.17. The van der Waals surface area contributed by atoms with Gasteiger partial charge in [0.25, 0.3) is 5.91 Å². The predicted molar refractivity (Wildman–Crippen MR) is 84.8 cm³/mol. The van der Waals surface area contributed by atoms with Crippen molar-refractivity contribution in [2.45, 2.75) is 38.3 Å². The third-order valence-corrected chi connectivity index (χ3v) is 3.62. The zero-order chi connectivity index (χ0) is 16.1. The van der Waals surface area contributed by atoms with Crippen molar-refractivity contribution < 1.29 is 9.59 Å². The summed E-state index contributed by atoms with van der Waals surface area (Å²) < 4.78 is 1.68. The van der Waals surface area contributed by atoms with Gasteiger partial charge in [-0.1, -0.05) is 12.1 Å². The maximum absolute atomic E-state index is 12.2. The predicted octanol–water partition coefficient (Wildman–Crippen LogP) is 1.59. The quantitative estimate of drug-likeness (QED) is 0.812. The van der Waals surface area contributed by atoms with Crippen LogP contribution in [0.5, 0.6) is 0 Å². The summed E-state index contributed by atoms with van der Waals surface area (Å²) in [5, 5.41) is 9.75. The van der Waals surface area contributed by atoms with E-state index >= 15 is 0 Å². The highest BCUT2D eigenvalue weighted by Gasteiger charge is 2.24. The average Bonchev–Trinajstić information content (AvgIpc) is 3.20. The Morgan fingerprint density at radius 2 is 2.09 bits per heavy atom. The number of benzene rings is 1. The van der Waals surface area contributed by atoms with E-state index in [1.54, 1.807) is 35.3 Å². The van der Waals surface area contributed by atoms with Crippen LogP contribution in [0.1, 0.15) is 36.0 Å². The number of hydrogen-bond donors (Lipinski definition) is 2. The van der Waals surface area contributed by atoms with Crippen LogP contribution >= 0.6 is 0 Å². The molecule has 7 heteroatoms. The normalized spacial score (nSPS) is 13.6. The van der Waals surface area contributed by atoms with E-state index < -0.39 is 0 Å². The van der Waals surface area contributed by atoms with E-state index in [0.717, 1.165) is 12.8 Å². The van der Waals surface area contributed by atoms with Gasteiger partial charge in [0.2, 0.25) is 5.91 Å². The molecule has 1 aromatic heterocycles. The smallest absolute Gasteiger partial charge is 0.253 e. The third kappa shape index (κ3) is 4.38. The molecule has 0 unspecified atom stereocenters. The SMILES string of the molecule is O=C(CCCn1cncn1)Nc1ccccc1C(=O)NC1CC1. The Kier molecular flexibility index (Phi) is 4.65. The van der Waals surface area contributed by atoms with Crippen LogP contribution in [0.2, 0.25) is 0 Å². The zero-order valence-corrected chi connectivity index (χ0v) is 12.7. The highest BCUT2D eigenvalue weighted by atomic mass is 16.2. The molecule has 0 atom stereocenters. The number of rotatable bonds is 7. The molecular formula is C16H19N5O2. The van der Waals surface area contributed by atoms with Gasteiger partial charge in [-0.2, -0.15) is 5.10 Å². The monoisotopic (exact) mass is 313 g/mol. The minimum atomic E-state index is -0.133. The second-order valence-electron chi connectivity index (χ2n) is 5.60. The number of aromatic nitrogens is 3. The molecule has 0 saturated heterocycles. The number of nitrogens with one attached hydrogen (secondary N) is 2. The van der Waals surface area contributed by atoms with Crippen LogP contribution in [0, 0.1) is 0 Å². The maximum Gasteiger partial charge on any atom is 0.253 e. The number of carbonyl (C=O) groups excluding carboxylic acids is 2. The largest absolute Gasteiger partial charge is 0.349 e. The molecule has 1 aromatic carbocycles. The van der Waals surface area contributed by atoms with Gasteiger partial charge < -0.3 is 10.6 Å². The molecule has 2 N–H and O–H groups in total. The molecule has 1 aliphatic rings. The molecular weight excluding hydrogens is 294 g/mol. The summed E-state index contributed by atoms with van der Waals surface area (Å²) in [5.74, 6) is -0.247. The Labute approximate surface area is 134 Å². The fourth-order valence-corrected chi connectivity index (χ4v) is 2.24. The molecule has 0 radical (unpaired) electrons. The van der Waals surface area contributed by atoms with E-state index in [9.17, 15) is 9.59 Å². The summed E-state index contributed by atoms with van der Waals surface area (Å²) in [4.78, 5) is 28.1. The van der Waals surface area contributed by atoms with Crippen molar-refractivity contribution >= 4 is 17.5 Å². The molecule has 0 aliphatic heterocycles. The Bertz CT molecular complexity index is 680. The van der Waals surface area contributed by atoms with Crippen molar-refractivity contribution in [3.63, 3.8) is 0 Å². The highest BCUT2D eigenvalue weighted by molar-refractivity contribution is 6.03. The Hall–Kier alpha value is -2.70. The number of para-hydroxylation sites is 1. The molecule has 1 aliphatic carbocycles. The summed E-state index contributed by atoms with van der Waals surface area (Å²) in [5.41, 5.74) is 1.06. The average molecular weight is 313 g/mol. The molecule has 1 saturated carbocycles. The van der Waals surface area contributed by atoms with Crippen LogP contribution in [0.25, 0.3) is 0 Å². The first-order valence-corrected chi connectivity index (χ1v) is 7.74. The fraction of sp³-hybridized carbons (Fsp3) is 0.375. The standard InChI is InChI=1S/C16H19N5O2/c22-15(6-3-9-21-11-17-10-18-21)20-14-5-2-1-4-13(14)16(23)19-12-7-8-12/h1-2,4-5,10-12H,3,6-9H2,(H,19,23)(H,20,22). The lowest BCUT2D eigenvalue weighted by molar-refractivity contribution is -0.116. The van der Waals surface area contributed by atoms with Crippen LogP contribution < -0.4 is 10.6 Å². The molecule has 1 heterocycles. The van der Waals surface area contributed by atoms with E-state index in [4.69, 9.17) is 0 Å². The van der Waals surface area contributed by atoms with E-state index in [2.05, 4.69) is 20.7 Å². The van der Waals surface area contributed by atoms with Crippen molar-refractivity contribution in [2.24, 2.45) is 0 Å². The fourth-order valence-electron chi connectivity index (χ4n) is 2.24. The lowest BCUT2D eigenvalue weighted by Gasteiger charge is -2.11. The maximum atomic E-state index is 12.2. The Balaban J connectivity index is 1.54. The van der Waals surface area contributed by atoms with E-state index in [1.807, 2.05) is 0 Å². The molecule has 0 bridgehead atoms. The second kappa shape index (κ2) is 7.04. The lowest BCUT2D eigenvalue weighted by atomic mass is 10.1. The zero-order valence-electron chi connectivity index (χ0n) is 12.7. The van der Waals surface area contributed by atoms with Gasteiger partial charge in [0.1, 0.15) is 12.7 Å². The lowest BCUT2D eigenvalue weighted by Crippen LogP contribution is -2.27. The molecule has 120 valence electrons. The van der Waals surface area contributed by atoms with Gasteiger partial charge >= 0.3 is 0 Å². The summed E-state index contributed by atoms with van der Waals surface area (Å²) in [6.45, 7) is 0.636. The number of carbonyl (C=O) groups is 2. The minimum Gasteiger partial charge on any atom is -0.349 e. The van der Waals surface area contributed by atoms with E-state index in [-0.39, 0.29) is 17.9 Å². The molecule has 23 heavy (non-hydrogen) atoms. The van der Waals surface area contributed by atoms with Gasteiger partial charge in [-0.15, -0.1) is 0 Å². The van der Waals surface area contributed by atoms with Gasteiger partial charge in [-0.25, -0.2) is 4.98 Å². The third-order valence-electron chi connectivity index (χ3n) is 3.62. The Morgan fingerprint density at radius 1 is 1.26 bits per heavy atom. The van der Waals surface area contributed by atoms with Crippen molar-refractivity contribution in [1.29, 1.82) is 0 Å². The first kappa shape index (κ1) is 15.2. The number of nitrogens with zero attached hydrogens (tertiary/aromatic N) is 3. The second-order valence-corrected chi connectivity index (χ2v) is 5.60. The van der Waals surface area contributed by atoms with Crippen molar-refractivity contribution in [1.82, 2.24) is 20.1 Å². The summed E-state index contributed by atoms with van der Waals surface area (Å²) in [6, 6.07) is 7.36. The highest BCUT2D eigenvalue weighted by Crippen LogP contribution is 2.21. The topological polar surface area (TPSA) is 88.9 Å².